The minimum atomic E-state index is -5.38. The number of allylic oxidation sites excluding steroid dienone is 12. The van der Waals surface area contributed by atoms with E-state index in [1.54, 1.807) is 0 Å². The standard InChI is InChI=1S/C51H84O17P2/c1-3-5-7-9-11-13-14-15-16-17-18-19-20-21-22-24-26-28-34-38-45(53)65-41(40-64-70(61,62)68-51-48(56)46(54)47(55)50(49(51)57)67-69(58,59)60)39-63-44(52)37-33-30-29-32-36-43-42(66-43)35-31-27-25-23-12-10-8-6-4-2/h11-13,15-16,18-19,21-23,27,29,31-32,41-43,46-51,54-57H,3-10,14,17,20,24-26,28,30,33-40H2,1-2H3,(H,61,62)(H2,58,59,60)/b13-11-,16-15-,19-18-,22-21-,23-12-,31-27-,32-29-/t41-,42?,43?,46?,47?,48?,49?,50-,51+/m1/s1. The van der Waals surface area contributed by atoms with Gasteiger partial charge in [-0.3, -0.25) is 23.2 Å². The van der Waals surface area contributed by atoms with Gasteiger partial charge in [0.1, 0.15) is 43.2 Å². The van der Waals surface area contributed by atoms with Crippen LogP contribution in [-0.4, -0.2) is 115 Å². The Labute approximate surface area is 416 Å². The largest absolute Gasteiger partial charge is 0.472 e. The Morgan fingerprint density at radius 1 is 0.514 bits per heavy atom. The average molecular weight is 1030 g/mol. The van der Waals surface area contributed by atoms with Gasteiger partial charge in [0.2, 0.25) is 0 Å². The van der Waals surface area contributed by atoms with Crippen LogP contribution < -0.4 is 0 Å². The van der Waals surface area contributed by atoms with Crippen molar-refractivity contribution in [3.8, 4) is 0 Å². The Bertz CT molecular complexity index is 1740. The van der Waals surface area contributed by atoms with E-state index >= 15 is 0 Å². The van der Waals surface area contributed by atoms with Gasteiger partial charge in [0.15, 0.2) is 6.10 Å². The second-order valence-corrected chi connectivity index (χ2v) is 20.2. The highest BCUT2D eigenvalue weighted by Gasteiger charge is 2.54. The fourth-order valence-electron chi connectivity index (χ4n) is 7.28. The van der Waals surface area contributed by atoms with Gasteiger partial charge >= 0.3 is 27.6 Å². The van der Waals surface area contributed by atoms with E-state index in [-0.39, 0.29) is 25.0 Å². The van der Waals surface area contributed by atoms with Crippen LogP contribution in [0.3, 0.4) is 0 Å². The number of phosphoric acid groups is 2. The number of ether oxygens (including phenoxy) is 3. The third kappa shape index (κ3) is 30.9. The number of rotatable bonds is 40. The predicted molar refractivity (Wildman–Crippen MR) is 268 cm³/mol. The number of esters is 2. The molecule has 1 aliphatic heterocycles. The van der Waals surface area contributed by atoms with E-state index in [1.165, 1.54) is 38.5 Å². The summed E-state index contributed by atoms with van der Waals surface area (Å²) in [5.74, 6) is -1.32. The predicted octanol–water partition coefficient (Wildman–Crippen LogP) is 9.16. The third-order valence-electron chi connectivity index (χ3n) is 11.3. The first-order chi connectivity index (χ1) is 33.6. The molecule has 10 atom stereocenters. The van der Waals surface area contributed by atoms with E-state index in [1.807, 2.05) is 12.2 Å². The van der Waals surface area contributed by atoms with Crippen LogP contribution in [0.5, 0.6) is 0 Å². The Morgan fingerprint density at radius 2 is 0.957 bits per heavy atom. The Kier molecular flexibility index (Phi) is 34.2. The molecule has 1 aliphatic carbocycles. The second kappa shape index (κ2) is 37.8. The van der Waals surface area contributed by atoms with Crippen LogP contribution in [0.15, 0.2) is 85.1 Å². The van der Waals surface area contributed by atoms with Gasteiger partial charge < -0.3 is 49.3 Å². The number of epoxide rings is 1. The monoisotopic (exact) mass is 1030 g/mol. The van der Waals surface area contributed by atoms with Crippen molar-refractivity contribution in [1.29, 1.82) is 0 Å². The van der Waals surface area contributed by atoms with Crippen LogP contribution >= 0.6 is 15.6 Å². The number of hydrogen-bond acceptors (Lipinski definition) is 14. The Morgan fingerprint density at radius 3 is 1.49 bits per heavy atom. The van der Waals surface area contributed by atoms with E-state index in [2.05, 4.69) is 91.3 Å². The van der Waals surface area contributed by atoms with Crippen molar-refractivity contribution in [2.75, 3.05) is 13.2 Å². The molecule has 0 bridgehead atoms. The number of carbonyl (C=O) groups excluding carboxylic acids is 2. The zero-order valence-electron chi connectivity index (χ0n) is 41.4. The lowest BCUT2D eigenvalue weighted by Gasteiger charge is -2.43. The minimum absolute atomic E-state index is 0.0134. The molecule has 7 N–H and O–H groups in total. The van der Waals surface area contributed by atoms with E-state index in [0.29, 0.717) is 25.7 Å². The highest BCUT2D eigenvalue weighted by molar-refractivity contribution is 7.47. The normalized spacial score (nSPS) is 24.6. The van der Waals surface area contributed by atoms with Crippen molar-refractivity contribution in [2.24, 2.45) is 0 Å². The van der Waals surface area contributed by atoms with Gasteiger partial charge in [0.05, 0.1) is 18.8 Å². The summed E-state index contributed by atoms with van der Waals surface area (Å²) in [5, 5.41) is 41.3. The molecule has 70 heavy (non-hydrogen) atoms. The quantitative estimate of drug-likeness (QED) is 0.00991. The van der Waals surface area contributed by atoms with Crippen LogP contribution in [0, 0.1) is 0 Å². The lowest BCUT2D eigenvalue weighted by molar-refractivity contribution is -0.216. The van der Waals surface area contributed by atoms with Gasteiger partial charge in [-0.25, -0.2) is 9.13 Å². The first kappa shape index (κ1) is 63.3. The van der Waals surface area contributed by atoms with Gasteiger partial charge in [-0.1, -0.05) is 131 Å². The number of carbonyl (C=O) groups is 2. The Hall–Kier alpha value is -2.86. The molecule has 2 aliphatic rings. The fraction of sp³-hybridized carbons (Fsp3) is 0.686. The summed E-state index contributed by atoms with van der Waals surface area (Å²) < 4.78 is 55.2. The smallest absolute Gasteiger partial charge is 0.462 e. The minimum Gasteiger partial charge on any atom is -0.462 e. The molecule has 0 aromatic rings. The van der Waals surface area contributed by atoms with Crippen LogP contribution in [0.1, 0.15) is 155 Å². The summed E-state index contributed by atoms with van der Waals surface area (Å²) in [7, 11) is -10.7. The summed E-state index contributed by atoms with van der Waals surface area (Å²) >= 11 is 0. The summed E-state index contributed by atoms with van der Waals surface area (Å²) in [4.78, 5) is 54.4. The van der Waals surface area contributed by atoms with E-state index < -0.39 is 83.5 Å². The molecule has 2 rings (SSSR count). The highest BCUT2D eigenvalue weighted by Crippen LogP contribution is 2.49. The molecule has 0 aromatic carbocycles. The molecule has 0 aromatic heterocycles. The molecule has 400 valence electrons. The van der Waals surface area contributed by atoms with Gasteiger partial charge in [-0.15, -0.1) is 0 Å². The molecular formula is C51H84O17P2. The highest BCUT2D eigenvalue weighted by atomic mass is 31.2. The molecule has 1 saturated heterocycles. The zero-order chi connectivity index (χ0) is 51.5. The fourth-order valence-corrected chi connectivity index (χ4v) is 8.82. The molecule has 1 saturated carbocycles. The number of phosphoric ester groups is 2. The van der Waals surface area contributed by atoms with E-state index in [4.69, 9.17) is 23.3 Å². The van der Waals surface area contributed by atoms with Gasteiger partial charge in [-0.2, -0.15) is 0 Å². The first-order valence-corrected chi connectivity index (χ1v) is 28.3. The topological polar surface area (TPSA) is 269 Å². The molecule has 0 amide bonds. The lowest BCUT2D eigenvalue weighted by atomic mass is 9.85. The lowest BCUT2D eigenvalue weighted by Crippen LogP contribution is -2.64. The summed E-state index contributed by atoms with van der Waals surface area (Å²) in [5.41, 5.74) is 0. The van der Waals surface area contributed by atoms with E-state index in [0.717, 1.165) is 64.2 Å². The first-order valence-electron chi connectivity index (χ1n) is 25.3. The number of unbranched alkanes of at least 4 members (excludes halogenated alkanes) is 10. The molecule has 17 nitrogen and oxygen atoms in total. The average Bonchev–Trinajstić information content (AvgIpc) is 4.08. The van der Waals surface area contributed by atoms with Gasteiger partial charge in [0, 0.05) is 12.8 Å². The summed E-state index contributed by atoms with van der Waals surface area (Å²) in [6.07, 6.45) is 34.1. The molecule has 0 spiro atoms. The molecule has 19 heteroatoms. The van der Waals surface area contributed by atoms with Gasteiger partial charge in [-0.05, 0) is 96.3 Å². The van der Waals surface area contributed by atoms with Crippen molar-refractivity contribution < 1.29 is 81.6 Å². The third-order valence-corrected chi connectivity index (χ3v) is 12.8. The molecular weight excluding hydrogens is 946 g/mol. The Balaban J connectivity index is 1.82. The van der Waals surface area contributed by atoms with Crippen molar-refractivity contribution in [2.45, 2.75) is 210 Å². The van der Waals surface area contributed by atoms with Crippen LogP contribution in [0.2, 0.25) is 0 Å². The van der Waals surface area contributed by atoms with Gasteiger partial charge in [0.25, 0.3) is 0 Å². The molecule has 7 unspecified atom stereocenters. The maximum absolute atomic E-state index is 13.0. The van der Waals surface area contributed by atoms with Crippen molar-refractivity contribution in [3.05, 3.63) is 85.1 Å². The SMILES string of the molecule is CCCCC/C=C\C/C=C\C/C=C\C/C=C\CCCCCC(=O)O[C@H](COC(=O)CCC/C=C\CC1OC1C/C=C\C/C=C\CCCCC)COP(=O)(O)O[C@H]1C(O)C(O)C(O)[C@@H](OP(=O)(O)O)C1O. The number of aliphatic hydroxyl groups excluding tert-OH is 4. The second-order valence-electron chi connectivity index (χ2n) is 17.6. The summed E-state index contributed by atoms with van der Waals surface area (Å²) in [6, 6.07) is 0. The summed E-state index contributed by atoms with van der Waals surface area (Å²) in [6.45, 7) is 2.97. The molecule has 1 heterocycles. The van der Waals surface area contributed by atoms with E-state index in [9.17, 15) is 53.8 Å². The van der Waals surface area contributed by atoms with Crippen LogP contribution in [-0.2, 0) is 46.5 Å². The zero-order valence-corrected chi connectivity index (χ0v) is 43.1. The van der Waals surface area contributed by atoms with Crippen LogP contribution in [0.4, 0.5) is 0 Å². The molecule has 2 fully saturated rings. The number of aliphatic hydroxyl groups is 4. The van der Waals surface area contributed by atoms with Crippen molar-refractivity contribution >= 4 is 27.6 Å². The number of hydrogen-bond donors (Lipinski definition) is 7. The maximum Gasteiger partial charge on any atom is 0.472 e. The van der Waals surface area contributed by atoms with Crippen molar-refractivity contribution in [1.82, 2.24) is 0 Å². The van der Waals surface area contributed by atoms with Crippen molar-refractivity contribution in [3.63, 3.8) is 0 Å². The maximum atomic E-state index is 13.0. The van der Waals surface area contributed by atoms with Crippen LogP contribution in [0.25, 0.3) is 0 Å². The molecule has 0 radical (unpaired) electrons.